The fourth-order valence-corrected chi connectivity index (χ4v) is 2.56. The summed E-state index contributed by atoms with van der Waals surface area (Å²) in [7, 11) is 0. The minimum Gasteiger partial charge on any atom is -0.481 e. The number of aliphatic hydroxyl groups excluding tert-OH is 1. The number of carboxylic acids is 1. The van der Waals surface area contributed by atoms with Crippen LogP contribution in [0, 0.1) is 11.3 Å². The molecule has 5 nitrogen and oxygen atoms in total. The van der Waals surface area contributed by atoms with E-state index in [0.717, 1.165) is 25.7 Å². The fourth-order valence-electron chi connectivity index (χ4n) is 2.56. The van der Waals surface area contributed by atoms with Crippen molar-refractivity contribution < 1.29 is 19.8 Å². The number of carbonyl (C=O) groups excluding carboxylic acids is 1. The summed E-state index contributed by atoms with van der Waals surface area (Å²) in [5, 5.41) is 20.8. The Bertz CT molecular complexity index is 297. The third kappa shape index (κ3) is 4.64. The van der Waals surface area contributed by atoms with Crippen molar-refractivity contribution >= 4 is 11.9 Å². The molecule has 0 radical (unpaired) electrons. The molecule has 18 heavy (non-hydrogen) atoms. The number of carbonyl (C=O) groups is 2. The summed E-state index contributed by atoms with van der Waals surface area (Å²) in [4.78, 5) is 22.2. The number of nitrogens with one attached hydrogen (secondary N) is 1. The van der Waals surface area contributed by atoms with Crippen molar-refractivity contribution in [3.05, 3.63) is 0 Å². The van der Waals surface area contributed by atoms with Gasteiger partial charge < -0.3 is 15.5 Å². The van der Waals surface area contributed by atoms with Gasteiger partial charge in [0.05, 0.1) is 6.61 Å². The van der Waals surface area contributed by atoms with Crippen LogP contribution in [-0.2, 0) is 9.59 Å². The van der Waals surface area contributed by atoms with E-state index >= 15 is 0 Å². The van der Waals surface area contributed by atoms with E-state index in [1.807, 2.05) is 0 Å². The molecule has 1 fully saturated rings. The highest BCUT2D eigenvalue weighted by Crippen LogP contribution is 2.36. The van der Waals surface area contributed by atoms with Gasteiger partial charge in [0.1, 0.15) is 0 Å². The van der Waals surface area contributed by atoms with Gasteiger partial charge in [-0.05, 0) is 18.8 Å². The van der Waals surface area contributed by atoms with Gasteiger partial charge in [0.15, 0.2) is 0 Å². The van der Waals surface area contributed by atoms with E-state index in [1.54, 1.807) is 6.92 Å². The van der Waals surface area contributed by atoms with Crippen molar-refractivity contribution in [2.45, 2.75) is 45.4 Å². The summed E-state index contributed by atoms with van der Waals surface area (Å²) < 4.78 is 0. The zero-order chi connectivity index (χ0) is 13.6. The molecule has 1 rings (SSSR count). The molecule has 0 spiro atoms. The van der Waals surface area contributed by atoms with Crippen molar-refractivity contribution in [3.63, 3.8) is 0 Å². The summed E-state index contributed by atoms with van der Waals surface area (Å²) in [5.41, 5.74) is -0.147. The molecule has 1 atom stereocenters. The number of rotatable bonds is 7. The minimum atomic E-state index is -0.877. The van der Waals surface area contributed by atoms with E-state index in [9.17, 15) is 14.7 Å². The van der Waals surface area contributed by atoms with Crippen molar-refractivity contribution in [3.8, 4) is 0 Å². The van der Waals surface area contributed by atoms with E-state index in [1.165, 1.54) is 0 Å². The second-order valence-electron chi connectivity index (χ2n) is 5.55. The van der Waals surface area contributed by atoms with Crippen LogP contribution in [0.3, 0.4) is 0 Å². The molecule has 0 saturated heterocycles. The van der Waals surface area contributed by atoms with Crippen molar-refractivity contribution in [1.82, 2.24) is 5.32 Å². The molecule has 0 aromatic carbocycles. The molecular formula is C13H23NO4. The van der Waals surface area contributed by atoms with Crippen LogP contribution >= 0.6 is 0 Å². The lowest BCUT2D eigenvalue weighted by Gasteiger charge is -2.26. The third-order valence-corrected chi connectivity index (χ3v) is 3.72. The second-order valence-corrected chi connectivity index (χ2v) is 5.55. The van der Waals surface area contributed by atoms with E-state index in [0.29, 0.717) is 6.54 Å². The number of carboxylic acid groups (broad SMARTS) is 1. The Balaban J connectivity index is 2.30. The van der Waals surface area contributed by atoms with E-state index in [4.69, 9.17) is 5.11 Å². The Hall–Kier alpha value is -1.10. The number of aliphatic hydroxyl groups is 1. The predicted molar refractivity (Wildman–Crippen MR) is 67.0 cm³/mol. The first-order chi connectivity index (χ1) is 8.47. The highest BCUT2D eigenvalue weighted by atomic mass is 16.4. The second kappa shape index (κ2) is 6.73. The number of hydrogen-bond acceptors (Lipinski definition) is 3. The molecule has 0 bridgehead atoms. The Morgan fingerprint density at radius 3 is 2.39 bits per heavy atom. The van der Waals surface area contributed by atoms with Gasteiger partial charge in [-0.1, -0.05) is 19.8 Å². The van der Waals surface area contributed by atoms with Gasteiger partial charge in [0, 0.05) is 24.8 Å². The van der Waals surface area contributed by atoms with Crippen LogP contribution in [0.15, 0.2) is 0 Å². The monoisotopic (exact) mass is 257 g/mol. The first kappa shape index (κ1) is 15.0. The van der Waals surface area contributed by atoms with E-state index < -0.39 is 5.97 Å². The molecule has 0 heterocycles. The lowest BCUT2D eigenvalue weighted by atomic mass is 9.87. The highest BCUT2D eigenvalue weighted by Gasteiger charge is 2.33. The zero-order valence-corrected chi connectivity index (χ0v) is 10.9. The zero-order valence-electron chi connectivity index (χ0n) is 10.9. The number of hydrogen-bond donors (Lipinski definition) is 3. The maximum atomic E-state index is 11.7. The van der Waals surface area contributed by atoms with E-state index in [2.05, 4.69) is 5.32 Å². The van der Waals surface area contributed by atoms with Gasteiger partial charge in [-0.3, -0.25) is 9.59 Å². The van der Waals surface area contributed by atoms with Gasteiger partial charge in [0.25, 0.3) is 0 Å². The van der Waals surface area contributed by atoms with Gasteiger partial charge in [0.2, 0.25) is 5.91 Å². The molecule has 0 aromatic rings. The van der Waals surface area contributed by atoms with Crippen molar-refractivity contribution in [2.24, 2.45) is 11.3 Å². The highest BCUT2D eigenvalue weighted by molar-refractivity contribution is 5.77. The molecule has 1 amide bonds. The van der Waals surface area contributed by atoms with Crippen LogP contribution in [-0.4, -0.2) is 35.2 Å². The van der Waals surface area contributed by atoms with E-state index in [-0.39, 0.29) is 36.7 Å². The summed E-state index contributed by atoms with van der Waals surface area (Å²) in [6, 6.07) is 0. The van der Waals surface area contributed by atoms with Crippen LogP contribution < -0.4 is 5.32 Å². The molecule has 5 heteroatoms. The van der Waals surface area contributed by atoms with Crippen molar-refractivity contribution in [1.29, 1.82) is 0 Å². The van der Waals surface area contributed by atoms with Gasteiger partial charge >= 0.3 is 5.97 Å². The molecular weight excluding hydrogens is 234 g/mol. The SMILES string of the molecule is CC(CC(=O)O)CC(=O)NCC1(CO)CCCC1. The third-order valence-electron chi connectivity index (χ3n) is 3.72. The first-order valence-corrected chi connectivity index (χ1v) is 6.57. The van der Waals surface area contributed by atoms with Crippen LogP contribution in [0.4, 0.5) is 0 Å². The molecule has 1 aliphatic carbocycles. The number of aliphatic carboxylic acids is 1. The number of amides is 1. The minimum absolute atomic E-state index is 0.0125. The van der Waals surface area contributed by atoms with Crippen LogP contribution in [0.25, 0.3) is 0 Å². The average molecular weight is 257 g/mol. The molecule has 104 valence electrons. The average Bonchev–Trinajstić information content (AvgIpc) is 2.74. The lowest BCUT2D eigenvalue weighted by molar-refractivity contribution is -0.138. The maximum absolute atomic E-state index is 11.7. The summed E-state index contributed by atoms with van der Waals surface area (Å²) in [6.45, 7) is 2.37. The Labute approximate surface area is 108 Å². The van der Waals surface area contributed by atoms with Crippen LogP contribution in [0.2, 0.25) is 0 Å². The molecule has 0 aromatic heterocycles. The molecule has 0 aliphatic heterocycles. The standard InChI is InChI=1S/C13H23NO4/c1-10(7-12(17)18)6-11(16)14-8-13(9-15)4-2-3-5-13/h10,15H,2-9H2,1H3,(H,14,16)(H,17,18). The summed E-state index contributed by atoms with van der Waals surface area (Å²) in [5.74, 6) is -1.16. The van der Waals surface area contributed by atoms with Crippen LogP contribution in [0.1, 0.15) is 45.4 Å². The van der Waals surface area contributed by atoms with Gasteiger partial charge in [-0.2, -0.15) is 0 Å². The van der Waals surface area contributed by atoms with Crippen molar-refractivity contribution in [2.75, 3.05) is 13.2 Å². The van der Waals surface area contributed by atoms with Gasteiger partial charge in [-0.25, -0.2) is 0 Å². The molecule has 3 N–H and O–H groups in total. The fraction of sp³-hybridized carbons (Fsp3) is 0.846. The Kier molecular flexibility index (Phi) is 5.59. The Morgan fingerprint density at radius 1 is 1.28 bits per heavy atom. The molecule has 1 unspecified atom stereocenters. The largest absolute Gasteiger partial charge is 0.481 e. The van der Waals surface area contributed by atoms with Crippen LogP contribution in [0.5, 0.6) is 0 Å². The summed E-state index contributed by atoms with van der Waals surface area (Å²) >= 11 is 0. The smallest absolute Gasteiger partial charge is 0.303 e. The molecule has 1 saturated carbocycles. The topological polar surface area (TPSA) is 86.6 Å². The summed E-state index contributed by atoms with van der Waals surface area (Å²) in [6.07, 6.45) is 4.35. The lowest BCUT2D eigenvalue weighted by Crippen LogP contribution is -2.38. The molecule has 1 aliphatic rings. The first-order valence-electron chi connectivity index (χ1n) is 6.57. The Morgan fingerprint density at radius 2 is 1.89 bits per heavy atom. The van der Waals surface area contributed by atoms with Gasteiger partial charge in [-0.15, -0.1) is 0 Å². The maximum Gasteiger partial charge on any atom is 0.303 e. The quantitative estimate of drug-likeness (QED) is 0.638. The normalized spacial score (nSPS) is 19.4. The predicted octanol–water partition coefficient (Wildman–Crippen LogP) is 1.16.